The lowest BCUT2D eigenvalue weighted by Gasteiger charge is -2.32. The Kier molecular flexibility index (Phi) is 8.17. The van der Waals surface area contributed by atoms with Crippen molar-refractivity contribution in [3.8, 4) is 0 Å². The first-order valence-corrected chi connectivity index (χ1v) is 13.1. The number of hydrogen-bond donors (Lipinski definition) is 3. The highest BCUT2D eigenvalue weighted by Crippen LogP contribution is 2.30. The summed E-state index contributed by atoms with van der Waals surface area (Å²) in [6.45, 7) is 1.02. The highest BCUT2D eigenvalue weighted by atomic mass is 32.2. The molecule has 3 amide bonds. The Morgan fingerprint density at radius 2 is 1.77 bits per heavy atom. The summed E-state index contributed by atoms with van der Waals surface area (Å²) in [4.78, 5) is 38.8. The van der Waals surface area contributed by atoms with E-state index in [9.17, 15) is 14.4 Å². The number of urea groups is 1. The van der Waals surface area contributed by atoms with E-state index in [1.54, 1.807) is 16.7 Å². The van der Waals surface area contributed by atoms with Crippen LogP contribution in [0.25, 0.3) is 0 Å². The predicted molar refractivity (Wildman–Crippen MR) is 136 cm³/mol. The van der Waals surface area contributed by atoms with Gasteiger partial charge in [-0.1, -0.05) is 12.1 Å². The normalized spacial score (nSPS) is 19.4. The van der Waals surface area contributed by atoms with Gasteiger partial charge in [-0.3, -0.25) is 4.79 Å². The monoisotopic (exact) mass is 497 g/mol. The molecule has 2 aromatic carbocycles. The zero-order valence-electron chi connectivity index (χ0n) is 19.8. The largest absolute Gasteiger partial charge is 0.481 e. The number of aliphatic carboxylic acids is 1. The van der Waals surface area contributed by atoms with Gasteiger partial charge < -0.3 is 25.4 Å². The highest BCUT2D eigenvalue weighted by molar-refractivity contribution is 7.98. The molecule has 1 heterocycles. The van der Waals surface area contributed by atoms with E-state index in [2.05, 4.69) is 10.6 Å². The molecule has 186 valence electrons. The number of carboxylic acids is 1. The van der Waals surface area contributed by atoms with Crippen molar-refractivity contribution in [3.63, 3.8) is 0 Å². The number of carbonyl (C=O) groups excluding carboxylic acids is 2. The van der Waals surface area contributed by atoms with Gasteiger partial charge in [0.2, 0.25) is 0 Å². The summed E-state index contributed by atoms with van der Waals surface area (Å²) in [5, 5.41) is 14.7. The quantitative estimate of drug-likeness (QED) is 0.450. The third-order valence-corrected chi connectivity index (χ3v) is 7.31. The number of nitrogens with zero attached hydrogens (tertiary/aromatic N) is 1. The lowest BCUT2D eigenvalue weighted by Crippen LogP contribution is -2.39. The fourth-order valence-electron chi connectivity index (χ4n) is 4.70. The van der Waals surface area contributed by atoms with Crippen molar-refractivity contribution in [2.75, 3.05) is 23.4 Å². The molecule has 0 saturated heterocycles. The van der Waals surface area contributed by atoms with E-state index < -0.39 is 5.97 Å². The second kappa shape index (κ2) is 11.5. The van der Waals surface area contributed by atoms with Crippen LogP contribution in [0.1, 0.15) is 43.2 Å². The molecule has 2 aromatic rings. The molecule has 8 nitrogen and oxygen atoms in total. The van der Waals surface area contributed by atoms with Gasteiger partial charge in [-0.25, -0.2) is 9.59 Å². The number of nitrogens with one attached hydrogen (secondary N) is 2. The Balaban J connectivity index is 1.27. The average molecular weight is 498 g/mol. The minimum atomic E-state index is -0.766. The first kappa shape index (κ1) is 24.9. The molecular weight excluding hydrogens is 466 g/mol. The van der Waals surface area contributed by atoms with Crippen LogP contribution >= 0.6 is 11.8 Å². The van der Waals surface area contributed by atoms with Crippen LogP contribution in [0.15, 0.2) is 47.4 Å². The average Bonchev–Trinajstić information content (AvgIpc) is 2.84. The lowest BCUT2D eigenvalue weighted by molar-refractivity contribution is -0.138. The Labute approximate surface area is 209 Å². The molecule has 35 heavy (non-hydrogen) atoms. The Hall–Kier alpha value is -3.20. The van der Waals surface area contributed by atoms with Crippen molar-refractivity contribution >= 4 is 41.2 Å². The highest BCUT2D eigenvalue weighted by Gasteiger charge is 2.28. The van der Waals surface area contributed by atoms with Crippen molar-refractivity contribution in [2.45, 2.75) is 56.1 Å². The van der Waals surface area contributed by atoms with Gasteiger partial charge in [-0.2, -0.15) is 0 Å². The smallest absolute Gasteiger partial charge is 0.410 e. The van der Waals surface area contributed by atoms with Crippen molar-refractivity contribution in [3.05, 3.63) is 53.6 Å². The number of thioether (sulfide) groups is 1. The van der Waals surface area contributed by atoms with Crippen LogP contribution < -0.4 is 10.6 Å². The number of carbonyl (C=O) groups is 3. The van der Waals surface area contributed by atoms with Gasteiger partial charge in [0, 0.05) is 35.8 Å². The maximum Gasteiger partial charge on any atom is 0.410 e. The van der Waals surface area contributed by atoms with Crippen molar-refractivity contribution in [1.82, 2.24) is 4.90 Å². The third kappa shape index (κ3) is 6.91. The van der Waals surface area contributed by atoms with E-state index in [0.29, 0.717) is 38.0 Å². The zero-order chi connectivity index (χ0) is 24.8. The summed E-state index contributed by atoms with van der Waals surface area (Å²) in [6.07, 6.45) is 5.39. The number of carboxylic acid groups (broad SMARTS) is 1. The predicted octanol–water partition coefficient (Wildman–Crippen LogP) is 5.58. The summed E-state index contributed by atoms with van der Waals surface area (Å²) < 4.78 is 5.72. The van der Waals surface area contributed by atoms with Crippen LogP contribution in [0, 0.1) is 5.92 Å². The molecule has 1 saturated carbocycles. The van der Waals surface area contributed by atoms with Gasteiger partial charge in [0.1, 0.15) is 6.10 Å². The molecule has 0 bridgehead atoms. The number of amides is 3. The van der Waals surface area contributed by atoms with Gasteiger partial charge in [0.15, 0.2) is 0 Å². The summed E-state index contributed by atoms with van der Waals surface area (Å²) in [5.41, 5.74) is 3.58. The fraction of sp³-hybridized carbons (Fsp3) is 0.423. The number of anilines is 2. The minimum absolute atomic E-state index is 0.143. The molecule has 0 spiro atoms. The second-order valence-electron chi connectivity index (χ2n) is 9.09. The second-order valence-corrected chi connectivity index (χ2v) is 9.97. The maximum absolute atomic E-state index is 12.7. The Bertz CT molecular complexity index is 1080. The van der Waals surface area contributed by atoms with Crippen molar-refractivity contribution < 1.29 is 24.2 Å². The van der Waals surface area contributed by atoms with E-state index >= 15 is 0 Å². The first-order valence-electron chi connectivity index (χ1n) is 11.9. The van der Waals surface area contributed by atoms with Gasteiger partial charge in [-0.05, 0) is 85.7 Å². The molecule has 2 aliphatic rings. The van der Waals surface area contributed by atoms with Crippen LogP contribution in [0.4, 0.5) is 21.0 Å². The van der Waals surface area contributed by atoms with E-state index in [1.807, 2.05) is 48.7 Å². The molecule has 0 aromatic heterocycles. The summed E-state index contributed by atoms with van der Waals surface area (Å²) in [6, 6.07) is 13.1. The van der Waals surface area contributed by atoms with Crippen LogP contribution in [0.2, 0.25) is 0 Å². The topological polar surface area (TPSA) is 108 Å². The Morgan fingerprint density at radius 3 is 2.49 bits per heavy atom. The number of rotatable bonds is 6. The number of ether oxygens (including phenoxy) is 1. The van der Waals surface area contributed by atoms with Gasteiger partial charge in [0.05, 0.1) is 0 Å². The molecule has 0 atom stereocenters. The molecular formula is C26H31N3O5S. The van der Waals surface area contributed by atoms with Crippen LogP contribution in [0.5, 0.6) is 0 Å². The molecule has 0 unspecified atom stereocenters. The van der Waals surface area contributed by atoms with Crippen LogP contribution in [-0.2, 0) is 22.5 Å². The van der Waals surface area contributed by atoms with E-state index in [0.717, 1.165) is 34.6 Å². The first-order chi connectivity index (χ1) is 16.9. The van der Waals surface area contributed by atoms with E-state index in [-0.39, 0.29) is 30.6 Å². The number of fused-ring (bicyclic) bond motifs is 1. The molecule has 9 heteroatoms. The van der Waals surface area contributed by atoms with Crippen LogP contribution in [-0.4, -0.2) is 47.0 Å². The summed E-state index contributed by atoms with van der Waals surface area (Å²) in [5.74, 6) is -0.591. The summed E-state index contributed by atoms with van der Waals surface area (Å²) >= 11 is 1.61. The molecule has 4 rings (SSSR count). The summed E-state index contributed by atoms with van der Waals surface area (Å²) in [7, 11) is 0. The minimum Gasteiger partial charge on any atom is -0.481 e. The standard InChI is InChI=1S/C26H31N3O5S/c1-35-23-4-2-3-20(15-23)27-25(32)28-21-8-7-19-16-29(12-11-18(19)14-21)26(33)34-22-9-5-17(6-10-22)13-24(30)31/h2-4,7-8,14-15,17,22H,5-6,9-13,16H2,1H3,(H,30,31)(H2,27,28,32). The molecule has 1 aliphatic heterocycles. The molecule has 1 aliphatic carbocycles. The van der Waals surface area contributed by atoms with Crippen molar-refractivity contribution in [2.24, 2.45) is 5.92 Å². The SMILES string of the molecule is CSc1cccc(NC(=O)Nc2ccc3c(c2)CCN(C(=O)OC2CCC(CC(=O)O)CC2)C3)c1. The molecule has 0 radical (unpaired) electrons. The van der Waals surface area contributed by atoms with Gasteiger partial charge >= 0.3 is 18.1 Å². The van der Waals surface area contributed by atoms with Crippen molar-refractivity contribution in [1.29, 1.82) is 0 Å². The Morgan fingerprint density at radius 1 is 1.03 bits per heavy atom. The number of hydrogen-bond acceptors (Lipinski definition) is 5. The van der Waals surface area contributed by atoms with Gasteiger partial charge in [-0.15, -0.1) is 11.8 Å². The molecule has 1 fully saturated rings. The fourth-order valence-corrected chi connectivity index (χ4v) is 5.16. The van der Waals surface area contributed by atoms with Gasteiger partial charge in [0.25, 0.3) is 0 Å². The third-order valence-electron chi connectivity index (χ3n) is 6.59. The van der Waals surface area contributed by atoms with Crippen LogP contribution in [0.3, 0.4) is 0 Å². The number of benzene rings is 2. The van der Waals surface area contributed by atoms with E-state index in [4.69, 9.17) is 9.84 Å². The lowest BCUT2D eigenvalue weighted by atomic mass is 9.85. The van der Waals surface area contributed by atoms with E-state index in [1.165, 1.54) is 0 Å². The zero-order valence-corrected chi connectivity index (χ0v) is 20.6. The molecule has 3 N–H and O–H groups in total. The maximum atomic E-state index is 12.7.